The van der Waals surface area contributed by atoms with Crippen molar-refractivity contribution in [2.75, 3.05) is 0 Å². The van der Waals surface area contributed by atoms with Crippen molar-refractivity contribution >= 4 is 62.3 Å². The van der Waals surface area contributed by atoms with Gasteiger partial charge in [0.25, 0.3) is 0 Å². The van der Waals surface area contributed by atoms with E-state index >= 15 is 0 Å². The fourth-order valence-corrected chi connectivity index (χ4v) is 5.98. The Morgan fingerprint density at radius 2 is 1.02 bits per heavy atom. The lowest BCUT2D eigenvalue weighted by Gasteiger charge is -2.09. The average molecular weight is 775 g/mol. The van der Waals surface area contributed by atoms with Crippen molar-refractivity contribution in [1.29, 1.82) is 0 Å². The number of ether oxygens (including phenoxy) is 1. The van der Waals surface area contributed by atoms with Crippen LogP contribution in [0.2, 0.25) is 20.1 Å². The van der Waals surface area contributed by atoms with Gasteiger partial charge in [-0.05, 0) is 58.7 Å². The van der Waals surface area contributed by atoms with Crippen LogP contribution in [-0.2, 0) is 43.0 Å². The zero-order valence-corrected chi connectivity index (χ0v) is 29.9. The van der Waals surface area contributed by atoms with Crippen LogP contribution in [0.5, 0.6) is 0 Å². The van der Waals surface area contributed by atoms with Crippen molar-refractivity contribution in [3.05, 3.63) is 176 Å². The van der Waals surface area contributed by atoms with E-state index < -0.39 is 0 Å². The van der Waals surface area contributed by atoms with Gasteiger partial charge >= 0.3 is 0 Å². The van der Waals surface area contributed by atoms with Gasteiger partial charge in [0, 0.05) is 63.3 Å². The van der Waals surface area contributed by atoms with Crippen molar-refractivity contribution in [3.63, 3.8) is 0 Å². The molecule has 0 saturated carbocycles. The molecule has 0 bridgehead atoms. The maximum Gasteiger partial charge on any atom is 0.135 e. The van der Waals surface area contributed by atoms with E-state index in [0.29, 0.717) is 52.2 Å². The Morgan fingerprint density at radius 3 is 1.47 bits per heavy atom. The molecular weight excluding hydrogens is 742 g/mol. The molecule has 0 radical (unpaired) electrons. The summed E-state index contributed by atoms with van der Waals surface area (Å²) in [6.45, 7) is 2.19. The van der Waals surface area contributed by atoms with E-state index in [1.807, 2.05) is 88.1 Å². The van der Waals surface area contributed by atoms with Crippen LogP contribution < -0.4 is 0 Å². The molecule has 6 rings (SSSR count). The largest absolute Gasteiger partial charge is 0.388 e. The average Bonchev–Trinajstić information content (AvgIpc) is 3.70. The minimum Gasteiger partial charge on any atom is -0.388 e. The predicted molar refractivity (Wildman–Crippen MR) is 196 cm³/mol. The minimum atomic E-state index is -0.0820. The lowest BCUT2D eigenvalue weighted by atomic mass is 10.2. The van der Waals surface area contributed by atoms with Gasteiger partial charge in [-0.3, -0.25) is 0 Å². The number of halogens is 5. The molecule has 0 atom stereocenters. The number of aliphatic hydroxyl groups excluding tert-OH is 1. The molecule has 1 N–H and O–H groups in total. The second-order valence-electron chi connectivity index (χ2n) is 10.3. The van der Waals surface area contributed by atoms with Crippen molar-refractivity contribution in [1.82, 2.24) is 19.1 Å². The van der Waals surface area contributed by atoms with Crippen LogP contribution in [-0.4, -0.2) is 24.2 Å². The highest BCUT2D eigenvalue weighted by Gasteiger charge is 2.06. The molecule has 2 aromatic heterocycles. The Balaban J connectivity index is 0.000000180. The molecule has 0 aliphatic carbocycles. The lowest BCUT2D eigenvalue weighted by Crippen LogP contribution is -2.06. The maximum absolute atomic E-state index is 9.06. The SMILES string of the molecule is BrCc1ccccc1.Clc1cc(Cl)cc(Cn2ccnc2COCc2ccccc2)c1.OCc1nccn1Cc1cc(Cl)cc(Cl)c1. The second kappa shape index (κ2) is 19.6. The molecule has 6 nitrogen and oxygen atoms in total. The Bertz CT molecular complexity index is 1760. The number of alkyl halides is 1. The smallest absolute Gasteiger partial charge is 0.135 e. The number of hydrogen-bond acceptors (Lipinski definition) is 4. The summed E-state index contributed by atoms with van der Waals surface area (Å²) in [6, 6.07) is 31.3. The van der Waals surface area contributed by atoms with Gasteiger partial charge in [0.1, 0.15) is 24.9 Å². The van der Waals surface area contributed by atoms with Crippen molar-refractivity contribution in [2.24, 2.45) is 0 Å². The van der Waals surface area contributed by atoms with E-state index in [1.165, 1.54) is 5.56 Å². The number of aromatic nitrogens is 4. The van der Waals surface area contributed by atoms with Gasteiger partial charge in [-0.25, -0.2) is 9.97 Å². The van der Waals surface area contributed by atoms with Gasteiger partial charge in [-0.2, -0.15) is 0 Å². The Kier molecular flexibility index (Phi) is 15.3. The summed E-state index contributed by atoms with van der Waals surface area (Å²) < 4.78 is 9.64. The molecular formula is C36H33BrCl4N4O2. The first kappa shape index (κ1) is 36.7. The standard InChI is InChI=1S/C18H16Cl2N2O.C11H10Cl2N2O.C7H7Br/c19-16-8-15(9-17(20)10-16)11-22-7-6-21-18(22)13-23-12-14-4-2-1-3-5-14;12-9-3-8(4-10(13)5-9)6-15-2-1-14-11(15)7-16;8-6-7-4-2-1-3-5-7/h1-10H,11-13H2;1-5,16H,6-7H2;1-5H,6H2. The van der Waals surface area contributed by atoms with Gasteiger partial charge in [0.05, 0.1) is 6.61 Å². The van der Waals surface area contributed by atoms with Gasteiger partial charge in [0.2, 0.25) is 0 Å². The molecule has 2 heterocycles. The quantitative estimate of drug-likeness (QED) is 0.141. The third kappa shape index (κ3) is 12.8. The Labute approximate surface area is 303 Å². The third-order valence-electron chi connectivity index (χ3n) is 6.64. The van der Waals surface area contributed by atoms with E-state index in [0.717, 1.165) is 27.8 Å². The molecule has 0 fully saturated rings. The molecule has 4 aromatic carbocycles. The Morgan fingerprint density at radius 1 is 0.574 bits per heavy atom. The highest BCUT2D eigenvalue weighted by molar-refractivity contribution is 9.08. The molecule has 0 unspecified atom stereocenters. The summed E-state index contributed by atoms with van der Waals surface area (Å²) >= 11 is 27.3. The zero-order chi connectivity index (χ0) is 33.4. The topological polar surface area (TPSA) is 65.1 Å². The number of aliphatic hydroxyl groups is 1. The van der Waals surface area contributed by atoms with Gasteiger partial charge in [-0.1, -0.05) is 123 Å². The number of rotatable bonds is 10. The highest BCUT2D eigenvalue weighted by Crippen LogP contribution is 2.21. The minimum absolute atomic E-state index is 0.0820. The molecule has 0 saturated heterocycles. The molecule has 244 valence electrons. The van der Waals surface area contributed by atoms with Crippen LogP contribution in [0.1, 0.15) is 33.9 Å². The van der Waals surface area contributed by atoms with Gasteiger partial charge in [0.15, 0.2) is 0 Å². The van der Waals surface area contributed by atoms with Gasteiger partial charge in [-0.15, -0.1) is 0 Å². The van der Waals surface area contributed by atoms with E-state index in [9.17, 15) is 0 Å². The van der Waals surface area contributed by atoms with Crippen molar-refractivity contribution in [3.8, 4) is 0 Å². The van der Waals surface area contributed by atoms with Crippen LogP contribution in [0, 0.1) is 0 Å². The molecule has 11 heteroatoms. The first-order valence-corrected chi connectivity index (χ1v) is 17.2. The number of hydrogen-bond donors (Lipinski definition) is 1. The molecule has 0 amide bonds. The fourth-order valence-electron chi connectivity index (χ4n) is 4.46. The number of imidazole rings is 2. The fraction of sp³-hybridized carbons (Fsp3) is 0.167. The molecule has 0 aliphatic rings. The van der Waals surface area contributed by atoms with Gasteiger partial charge < -0.3 is 19.0 Å². The summed E-state index contributed by atoms with van der Waals surface area (Å²) in [4.78, 5) is 8.38. The summed E-state index contributed by atoms with van der Waals surface area (Å²) in [5, 5.41) is 12.5. The lowest BCUT2D eigenvalue weighted by molar-refractivity contribution is 0.0996. The maximum atomic E-state index is 9.06. The molecule has 0 spiro atoms. The highest BCUT2D eigenvalue weighted by atomic mass is 79.9. The normalized spacial score (nSPS) is 10.5. The first-order valence-electron chi connectivity index (χ1n) is 14.5. The van der Waals surface area contributed by atoms with E-state index in [1.54, 1.807) is 30.7 Å². The number of benzene rings is 4. The zero-order valence-electron chi connectivity index (χ0n) is 25.3. The van der Waals surface area contributed by atoms with Crippen LogP contribution >= 0.6 is 62.3 Å². The van der Waals surface area contributed by atoms with Crippen molar-refractivity contribution < 1.29 is 9.84 Å². The molecule has 6 aromatic rings. The second-order valence-corrected chi connectivity index (χ2v) is 12.6. The van der Waals surface area contributed by atoms with E-state index in [-0.39, 0.29) is 6.61 Å². The van der Waals surface area contributed by atoms with Crippen LogP contribution in [0.3, 0.4) is 0 Å². The number of nitrogens with zero attached hydrogens (tertiary/aromatic N) is 4. The summed E-state index contributed by atoms with van der Waals surface area (Å²) in [7, 11) is 0. The monoisotopic (exact) mass is 772 g/mol. The molecule has 0 aliphatic heterocycles. The van der Waals surface area contributed by atoms with E-state index in [4.69, 9.17) is 56.2 Å². The van der Waals surface area contributed by atoms with Crippen LogP contribution in [0.15, 0.2) is 122 Å². The molecule has 47 heavy (non-hydrogen) atoms. The summed E-state index contributed by atoms with van der Waals surface area (Å²) in [5.41, 5.74) is 4.48. The first-order chi connectivity index (χ1) is 22.8. The Hall–Kier alpha value is -3.14. The van der Waals surface area contributed by atoms with Crippen LogP contribution in [0.25, 0.3) is 0 Å². The van der Waals surface area contributed by atoms with E-state index in [2.05, 4.69) is 38.0 Å². The summed E-state index contributed by atoms with van der Waals surface area (Å²) in [5.74, 6) is 1.49. The third-order valence-corrected chi connectivity index (χ3v) is 8.16. The van der Waals surface area contributed by atoms with Crippen molar-refractivity contribution in [2.45, 2.75) is 38.2 Å². The predicted octanol–water partition coefficient (Wildman–Crippen LogP) is 10.3. The van der Waals surface area contributed by atoms with Crippen LogP contribution in [0.4, 0.5) is 0 Å². The summed E-state index contributed by atoms with van der Waals surface area (Å²) in [6.07, 6.45) is 7.15.